The van der Waals surface area contributed by atoms with Crippen molar-refractivity contribution in [3.8, 4) is 0 Å². The molecule has 0 aliphatic heterocycles. The number of hydrogen-bond acceptors (Lipinski definition) is 1. The summed E-state index contributed by atoms with van der Waals surface area (Å²) in [7, 11) is 0. The molecule has 1 aliphatic carbocycles. The highest BCUT2D eigenvalue weighted by Gasteiger charge is 2.35. The number of hydrogen-bond donors (Lipinski definition) is 0. The molecule has 1 rings (SSSR count). The molecule has 0 fully saturated rings. The van der Waals surface area contributed by atoms with Gasteiger partial charge in [0, 0.05) is 12.8 Å². The second kappa shape index (κ2) is 4.51. The van der Waals surface area contributed by atoms with Crippen LogP contribution in [0.3, 0.4) is 0 Å². The van der Waals surface area contributed by atoms with E-state index in [1.54, 1.807) is 0 Å². The SMILES string of the molecule is CCC(=O)CC1C(C)=C(C)CCC1(C)C. The Hall–Kier alpha value is -0.590. The summed E-state index contributed by atoms with van der Waals surface area (Å²) < 4.78 is 0. The van der Waals surface area contributed by atoms with E-state index >= 15 is 0 Å². The summed E-state index contributed by atoms with van der Waals surface area (Å²) in [5, 5.41) is 0. The van der Waals surface area contributed by atoms with Gasteiger partial charge in [-0.15, -0.1) is 0 Å². The maximum absolute atomic E-state index is 11.6. The third-order valence-electron chi connectivity index (χ3n) is 4.11. The minimum atomic E-state index is 0.300. The Kier molecular flexibility index (Phi) is 3.75. The topological polar surface area (TPSA) is 17.1 Å². The van der Waals surface area contributed by atoms with Crippen LogP contribution in [-0.2, 0) is 4.79 Å². The van der Waals surface area contributed by atoms with Gasteiger partial charge in [0.2, 0.25) is 0 Å². The zero-order valence-corrected chi connectivity index (χ0v) is 10.8. The Morgan fingerprint density at radius 1 is 1.40 bits per heavy atom. The van der Waals surface area contributed by atoms with Gasteiger partial charge in [-0.05, 0) is 38.0 Å². The highest BCUT2D eigenvalue weighted by atomic mass is 16.1. The van der Waals surface area contributed by atoms with Gasteiger partial charge in [0.05, 0.1) is 0 Å². The highest BCUT2D eigenvalue weighted by Crippen LogP contribution is 2.45. The van der Waals surface area contributed by atoms with E-state index in [0.717, 1.165) is 6.42 Å². The van der Waals surface area contributed by atoms with Crippen molar-refractivity contribution >= 4 is 5.78 Å². The molecule has 0 radical (unpaired) electrons. The fourth-order valence-electron chi connectivity index (χ4n) is 2.57. The summed E-state index contributed by atoms with van der Waals surface area (Å²) in [5.74, 6) is 0.876. The maximum Gasteiger partial charge on any atom is 0.133 e. The van der Waals surface area contributed by atoms with E-state index in [9.17, 15) is 4.79 Å². The summed E-state index contributed by atoms with van der Waals surface area (Å²) >= 11 is 0. The highest BCUT2D eigenvalue weighted by molar-refractivity contribution is 5.78. The number of rotatable bonds is 3. The minimum Gasteiger partial charge on any atom is -0.300 e. The number of allylic oxidation sites excluding steroid dienone is 2. The minimum absolute atomic E-state index is 0.300. The molecule has 0 heterocycles. The van der Waals surface area contributed by atoms with Gasteiger partial charge in [0.15, 0.2) is 0 Å². The first-order valence-corrected chi connectivity index (χ1v) is 6.06. The second-order valence-corrected chi connectivity index (χ2v) is 5.60. The molecular formula is C14H24O. The molecule has 0 N–H and O–H groups in total. The average Bonchev–Trinajstić information content (AvgIpc) is 2.19. The summed E-state index contributed by atoms with van der Waals surface area (Å²) in [6.07, 6.45) is 3.85. The first kappa shape index (κ1) is 12.5. The summed E-state index contributed by atoms with van der Waals surface area (Å²) in [6, 6.07) is 0. The van der Waals surface area contributed by atoms with Gasteiger partial charge >= 0.3 is 0 Å². The molecule has 0 saturated heterocycles. The molecule has 0 amide bonds. The van der Waals surface area contributed by atoms with Gasteiger partial charge < -0.3 is 0 Å². The summed E-state index contributed by atoms with van der Waals surface area (Å²) in [5.41, 5.74) is 3.27. The lowest BCUT2D eigenvalue weighted by atomic mass is 9.65. The fraction of sp³-hybridized carbons (Fsp3) is 0.786. The zero-order valence-electron chi connectivity index (χ0n) is 10.8. The first-order valence-electron chi connectivity index (χ1n) is 6.06. The molecule has 1 nitrogen and oxygen atoms in total. The largest absolute Gasteiger partial charge is 0.300 e. The van der Waals surface area contributed by atoms with Crippen molar-refractivity contribution in [2.75, 3.05) is 0 Å². The normalized spacial score (nSPS) is 25.5. The lowest BCUT2D eigenvalue weighted by Gasteiger charge is -2.40. The van der Waals surface area contributed by atoms with Crippen molar-refractivity contribution in [3.05, 3.63) is 11.1 Å². The van der Waals surface area contributed by atoms with Crippen molar-refractivity contribution in [2.24, 2.45) is 11.3 Å². The molecule has 1 aliphatic rings. The van der Waals surface area contributed by atoms with Crippen LogP contribution >= 0.6 is 0 Å². The molecular weight excluding hydrogens is 184 g/mol. The van der Waals surface area contributed by atoms with Crippen LogP contribution in [0.25, 0.3) is 0 Å². The lowest BCUT2D eigenvalue weighted by molar-refractivity contribution is -0.120. The third-order valence-corrected chi connectivity index (χ3v) is 4.11. The van der Waals surface area contributed by atoms with Gasteiger partial charge in [0.25, 0.3) is 0 Å². The summed E-state index contributed by atoms with van der Waals surface area (Å²) in [6.45, 7) is 11.0. The maximum atomic E-state index is 11.6. The lowest BCUT2D eigenvalue weighted by Crippen LogP contribution is -2.31. The molecule has 15 heavy (non-hydrogen) atoms. The Balaban J connectivity index is 2.89. The molecule has 0 bridgehead atoms. The van der Waals surface area contributed by atoms with Crippen LogP contribution in [0.15, 0.2) is 11.1 Å². The Morgan fingerprint density at radius 2 is 2.00 bits per heavy atom. The van der Waals surface area contributed by atoms with Crippen LogP contribution < -0.4 is 0 Å². The number of carbonyl (C=O) groups is 1. The van der Waals surface area contributed by atoms with Gasteiger partial charge in [-0.2, -0.15) is 0 Å². The van der Waals surface area contributed by atoms with Gasteiger partial charge in [-0.3, -0.25) is 4.79 Å². The van der Waals surface area contributed by atoms with E-state index in [0.29, 0.717) is 23.5 Å². The van der Waals surface area contributed by atoms with Crippen molar-refractivity contribution in [2.45, 2.75) is 60.3 Å². The number of Topliss-reactive ketones (excluding diaryl/α,β-unsaturated/α-hetero) is 1. The quantitative estimate of drug-likeness (QED) is 0.637. The molecule has 0 saturated carbocycles. The van der Waals surface area contributed by atoms with Gasteiger partial charge in [-0.1, -0.05) is 31.9 Å². The Morgan fingerprint density at radius 3 is 2.53 bits per heavy atom. The van der Waals surface area contributed by atoms with Crippen molar-refractivity contribution in [1.29, 1.82) is 0 Å². The standard InChI is InChI=1S/C14H24O/c1-6-12(15)9-13-11(3)10(2)7-8-14(13,4)5/h13H,6-9H2,1-5H3. The molecule has 86 valence electrons. The van der Waals surface area contributed by atoms with Gasteiger partial charge in [0.1, 0.15) is 5.78 Å². The van der Waals surface area contributed by atoms with Crippen molar-refractivity contribution < 1.29 is 4.79 Å². The van der Waals surface area contributed by atoms with Crippen LogP contribution in [0, 0.1) is 11.3 Å². The van der Waals surface area contributed by atoms with Crippen LogP contribution in [-0.4, -0.2) is 5.78 Å². The predicted molar refractivity (Wildman–Crippen MR) is 64.8 cm³/mol. The van der Waals surface area contributed by atoms with Crippen LogP contribution in [0.5, 0.6) is 0 Å². The van der Waals surface area contributed by atoms with E-state index in [4.69, 9.17) is 0 Å². The molecule has 1 heteroatoms. The molecule has 1 unspecified atom stereocenters. The van der Waals surface area contributed by atoms with E-state index in [1.165, 1.54) is 24.0 Å². The molecule has 1 atom stereocenters. The van der Waals surface area contributed by atoms with Crippen molar-refractivity contribution in [3.63, 3.8) is 0 Å². The fourth-order valence-corrected chi connectivity index (χ4v) is 2.57. The molecule has 0 spiro atoms. The molecule has 0 aromatic heterocycles. The Labute approximate surface area is 93.9 Å². The predicted octanol–water partition coefficient (Wildman–Crippen LogP) is 4.13. The van der Waals surface area contributed by atoms with Crippen LogP contribution in [0.2, 0.25) is 0 Å². The molecule has 0 aromatic carbocycles. The average molecular weight is 208 g/mol. The Bertz CT molecular complexity index is 284. The van der Waals surface area contributed by atoms with Crippen molar-refractivity contribution in [1.82, 2.24) is 0 Å². The zero-order chi connectivity index (χ0) is 11.6. The van der Waals surface area contributed by atoms with E-state index < -0.39 is 0 Å². The first-order chi connectivity index (χ1) is 6.88. The van der Waals surface area contributed by atoms with Crippen LogP contribution in [0.4, 0.5) is 0 Å². The monoisotopic (exact) mass is 208 g/mol. The van der Waals surface area contributed by atoms with Crippen LogP contribution in [0.1, 0.15) is 60.3 Å². The van der Waals surface area contributed by atoms with Gasteiger partial charge in [-0.25, -0.2) is 0 Å². The van der Waals surface area contributed by atoms with E-state index in [1.807, 2.05) is 6.92 Å². The molecule has 0 aromatic rings. The number of ketones is 1. The van der Waals surface area contributed by atoms with E-state index in [-0.39, 0.29) is 0 Å². The van der Waals surface area contributed by atoms with E-state index in [2.05, 4.69) is 27.7 Å². The smallest absolute Gasteiger partial charge is 0.133 e. The number of carbonyl (C=O) groups excluding carboxylic acids is 1. The second-order valence-electron chi connectivity index (χ2n) is 5.60. The third kappa shape index (κ3) is 2.70. The summed E-state index contributed by atoms with van der Waals surface area (Å²) in [4.78, 5) is 11.6.